The van der Waals surface area contributed by atoms with Gasteiger partial charge in [-0.25, -0.2) is 8.42 Å². The van der Waals surface area contributed by atoms with E-state index in [2.05, 4.69) is 5.32 Å². The van der Waals surface area contributed by atoms with E-state index in [0.29, 0.717) is 17.1 Å². The van der Waals surface area contributed by atoms with Crippen LogP contribution in [0, 0.1) is 0 Å². The van der Waals surface area contributed by atoms with Gasteiger partial charge in [0.25, 0.3) is 0 Å². The fraction of sp³-hybridized carbons (Fsp3) is 0.350. The van der Waals surface area contributed by atoms with Crippen molar-refractivity contribution in [2.45, 2.75) is 32.4 Å². The van der Waals surface area contributed by atoms with Gasteiger partial charge in [-0.05, 0) is 55.3 Å². The van der Waals surface area contributed by atoms with Gasteiger partial charge < -0.3 is 10.1 Å². The summed E-state index contributed by atoms with van der Waals surface area (Å²) in [5.74, 6) is 0.353. The van der Waals surface area contributed by atoms with Gasteiger partial charge in [0, 0.05) is 5.02 Å². The molecule has 2 rings (SSSR count). The third-order valence-electron chi connectivity index (χ3n) is 4.39. The lowest BCUT2D eigenvalue weighted by atomic mass is 10.1. The Kier molecular flexibility index (Phi) is 7.32. The Morgan fingerprint density at radius 1 is 1.14 bits per heavy atom. The second-order valence-electron chi connectivity index (χ2n) is 6.46. The molecule has 2 unspecified atom stereocenters. The van der Waals surface area contributed by atoms with E-state index in [0.717, 1.165) is 21.9 Å². The Balaban J connectivity index is 2.26. The Labute approximate surface area is 171 Å². The van der Waals surface area contributed by atoms with Gasteiger partial charge in [0.05, 0.1) is 25.1 Å². The summed E-state index contributed by atoms with van der Waals surface area (Å²) in [7, 11) is -2.10. The number of hydrogen-bond donors (Lipinski definition) is 1. The normalized spacial score (nSPS) is 13.5. The van der Waals surface area contributed by atoms with Gasteiger partial charge in [0.2, 0.25) is 15.9 Å². The van der Waals surface area contributed by atoms with Gasteiger partial charge in [0.15, 0.2) is 0 Å². The zero-order chi connectivity index (χ0) is 20.9. The molecule has 28 heavy (non-hydrogen) atoms. The molecule has 0 aliphatic rings. The van der Waals surface area contributed by atoms with E-state index in [1.54, 1.807) is 38.3 Å². The van der Waals surface area contributed by atoms with Crippen LogP contribution in [-0.4, -0.2) is 33.7 Å². The van der Waals surface area contributed by atoms with Gasteiger partial charge in [-0.1, -0.05) is 30.7 Å². The van der Waals surface area contributed by atoms with Crippen LogP contribution in [0.15, 0.2) is 48.5 Å². The number of anilines is 1. The van der Waals surface area contributed by atoms with Crippen LogP contribution >= 0.6 is 11.6 Å². The average Bonchev–Trinajstić information content (AvgIpc) is 2.66. The third kappa shape index (κ3) is 5.39. The van der Waals surface area contributed by atoms with E-state index in [4.69, 9.17) is 16.3 Å². The van der Waals surface area contributed by atoms with E-state index >= 15 is 0 Å². The van der Waals surface area contributed by atoms with Crippen molar-refractivity contribution in [1.82, 2.24) is 5.32 Å². The molecule has 0 saturated heterocycles. The quantitative estimate of drug-likeness (QED) is 0.699. The minimum absolute atomic E-state index is 0.293. The summed E-state index contributed by atoms with van der Waals surface area (Å²) >= 11 is 5.91. The second-order valence-corrected chi connectivity index (χ2v) is 8.76. The first-order valence-electron chi connectivity index (χ1n) is 8.86. The van der Waals surface area contributed by atoms with E-state index in [1.807, 2.05) is 31.2 Å². The number of sulfonamides is 1. The minimum atomic E-state index is -3.68. The van der Waals surface area contributed by atoms with Crippen molar-refractivity contribution in [3.8, 4) is 5.75 Å². The lowest BCUT2D eigenvalue weighted by molar-refractivity contribution is -0.122. The van der Waals surface area contributed by atoms with Crippen LogP contribution in [-0.2, 0) is 14.8 Å². The molecule has 1 N–H and O–H groups in total. The molecule has 2 aromatic carbocycles. The summed E-state index contributed by atoms with van der Waals surface area (Å²) in [6.07, 6.45) is 1.40. The van der Waals surface area contributed by atoms with Crippen molar-refractivity contribution in [2.24, 2.45) is 0 Å². The second kappa shape index (κ2) is 9.30. The van der Waals surface area contributed by atoms with E-state index in [-0.39, 0.29) is 11.9 Å². The number of methoxy groups -OCH3 is 1. The number of rotatable bonds is 8. The zero-order valence-corrected chi connectivity index (χ0v) is 17.9. The predicted octanol–water partition coefficient (Wildman–Crippen LogP) is 3.77. The molecule has 152 valence electrons. The van der Waals surface area contributed by atoms with Crippen LogP contribution in [0.2, 0.25) is 5.02 Å². The van der Waals surface area contributed by atoms with Crippen LogP contribution in [0.5, 0.6) is 5.75 Å². The largest absolute Gasteiger partial charge is 0.497 e. The standard InChI is InChI=1S/C20H25ClN2O4S/c1-5-19(23(28(4,25)26)17-10-8-16(21)9-11-17)20(24)22-14(2)15-6-12-18(27-3)13-7-15/h6-14,19H,5H2,1-4H3,(H,22,24). The lowest BCUT2D eigenvalue weighted by Gasteiger charge is -2.31. The summed E-state index contributed by atoms with van der Waals surface area (Å²) < 4.78 is 31.2. The topological polar surface area (TPSA) is 75.7 Å². The van der Waals surface area contributed by atoms with Crippen LogP contribution in [0.1, 0.15) is 31.9 Å². The van der Waals surface area contributed by atoms with Crippen molar-refractivity contribution in [3.63, 3.8) is 0 Å². The van der Waals surface area contributed by atoms with Crippen molar-refractivity contribution in [2.75, 3.05) is 17.7 Å². The molecule has 2 atom stereocenters. The van der Waals surface area contributed by atoms with Crippen LogP contribution < -0.4 is 14.4 Å². The minimum Gasteiger partial charge on any atom is -0.497 e. The van der Waals surface area contributed by atoms with E-state index in [9.17, 15) is 13.2 Å². The highest BCUT2D eigenvalue weighted by Gasteiger charge is 2.32. The summed E-state index contributed by atoms with van der Waals surface area (Å²) in [5, 5.41) is 3.40. The zero-order valence-electron chi connectivity index (χ0n) is 16.3. The number of hydrogen-bond acceptors (Lipinski definition) is 4. The molecule has 0 radical (unpaired) electrons. The van der Waals surface area contributed by atoms with Gasteiger partial charge in [0.1, 0.15) is 11.8 Å². The Bertz CT molecular complexity index is 899. The number of halogens is 1. The highest BCUT2D eigenvalue weighted by molar-refractivity contribution is 7.92. The number of amides is 1. The van der Waals surface area contributed by atoms with Gasteiger partial charge in [-0.15, -0.1) is 0 Å². The number of nitrogens with zero attached hydrogens (tertiary/aromatic N) is 1. The molecule has 0 spiro atoms. The first kappa shape index (κ1) is 22.0. The Hall–Kier alpha value is -2.25. The van der Waals surface area contributed by atoms with E-state index < -0.39 is 16.1 Å². The molecule has 2 aromatic rings. The lowest BCUT2D eigenvalue weighted by Crippen LogP contribution is -2.49. The van der Waals surface area contributed by atoms with Gasteiger partial charge >= 0.3 is 0 Å². The third-order valence-corrected chi connectivity index (χ3v) is 5.82. The number of nitrogens with one attached hydrogen (secondary N) is 1. The van der Waals surface area contributed by atoms with E-state index in [1.165, 1.54) is 0 Å². The Morgan fingerprint density at radius 2 is 1.71 bits per heavy atom. The monoisotopic (exact) mass is 424 g/mol. The molecule has 0 aliphatic heterocycles. The summed E-state index contributed by atoms with van der Waals surface area (Å²) in [6.45, 7) is 3.62. The first-order chi connectivity index (χ1) is 13.2. The molecular weight excluding hydrogens is 400 g/mol. The van der Waals surface area contributed by atoms with Crippen molar-refractivity contribution in [1.29, 1.82) is 0 Å². The van der Waals surface area contributed by atoms with Gasteiger partial charge in [-0.2, -0.15) is 0 Å². The highest BCUT2D eigenvalue weighted by Crippen LogP contribution is 2.25. The van der Waals surface area contributed by atoms with Crippen LogP contribution in [0.4, 0.5) is 5.69 Å². The number of benzene rings is 2. The molecular formula is C20H25ClN2O4S. The van der Waals surface area contributed by atoms with Crippen molar-refractivity contribution >= 4 is 33.2 Å². The first-order valence-corrected chi connectivity index (χ1v) is 11.1. The van der Waals surface area contributed by atoms with Crippen molar-refractivity contribution in [3.05, 3.63) is 59.1 Å². The molecule has 0 aromatic heterocycles. The molecule has 1 amide bonds. The van der Waals surface area contributed by atoms with Gasteiger partial charge in [-0.3, -0.25) is 9.10 Å². The predicted molar refractivity (Wildman–Crippen MR) is 112 cm³/mol. The average molecular weight is 425 g/mol. The summed E-state index contributed by atoms with van der Waals surface area (Å²) in [4.78, 5) is 12.9. The molecule has 0 fully saturated rings. The Morgan fingerprint density at radius 3 is 2.18 bits per heavy atom. The fourth-order valence-corrected chi connectivity index (χ4v) is 4.27. The highest BCUT2D eigenvalue weighted by atomic mass is 35.5. The van der Waals surface area contributed by atoms with Crippen molar-refractivity contribution < 1.29 is 17.9 Å². The molecule has 8 heteroatoms. The van der Waals surface area contributed by atoms with Crippen LogP contribution in [0.25, 0.3) is 0 Å². The molecule has 0 bridgehead atoms. The number of carbonyl (C=O) groups excluding carboxylic acids is 1. The summed E-state index contributed by atoms with van der Waals surface area (Å²) in [5.41, 5.74) is 1.28. The molecule has 0 heterocycles. The number of carbonyl (C=O) groups is 1. The number of ether oxygens (including phenoxy) is 1. The maximum absolute atomic E-state index is 12.9. The SMILES string of the molecule is CCC(C(=O)NC(C)c1ccc(OC)cc1)N(c1ccc(Cl)cc1)S(C)(=O)=O. The fourth-order valence-electron chi connectivity index (χ4n) is 2.93. The summed E-state index contributed by atoms with van der Waals surface area (Å²) in [6, 6.07) is 12.5. The molecule has 0 saturated carbocycles. The smallest absolute Gasteiger partial charge is 0.244 e. The maximum atomic E-state index is 12.9. The molecule has 0 aliphatic carbocycles. The maximum Gasteiger partial charge on any atom is 0.244 e. The van der Waals surface area contributed by atoms with Crippen LogP contribution in [0.3, 0.4) is 0 Å². The molecule has 6 nitrogen and oxygen atoms in total.